The number of hydrogen-bond donors (Lipinski definition) is 1. The summed E-state index contributed by atoms with van der Waals surface area (Å²) in [6, 6.07) is 16.4. The first kappa shape index (κ1) is 20.4. The number of pyridine rings is 1. The van der Waals surface area contributed by atoms with E-state index in [1.54, 1.807) is 7.11 Å². The molecule has 1 N–H and O–H groups in total. The number of aromatic nitrogens is 2. The lowest BCUT2D eigenvalue weighted by Gasteiger charge is -2.28. The van der Waals surface area contributed by atoms with Gasteiger partial charge < -0.3 is 19.5 Å². The van der Waals surface area contributed by atoms with E-state index in [2.05, 4.69) is 77.2 Å². The molecule has 30 heavy (non-hydrogen) atoms. The van der Waals surface area contributed by atoms with Gasteiger partial charge in [0.05, 0.1) is 24.9 Å². The van der Waals surface area contributed by atoms with Crippen molar-refractivity contribution in [2.75, 3.05) is 7.11 Å². The van der Waals surface area contributed by atoms with Gasteiger partial charge in [-0.15, -0.1) is 0 Å². The smallest absolute Gasteiger partial charge is 0.170 e. The Bertz CT molecular complexity index is 1010. The summed E-state index contributed by atoms with van der Waals surface area (Å²) in [7, 11) is 1.68. The van der Waals surface area contributed by atoms with Gasteiger partial charge in [0.25, 0.3) is 0 Å². The van der Waals surface area contributed by atoms with Crippen molar-refractivity contribution in [3.8, 4) is 5.75 Å². The van der Waals surface area contributed by atoms with Crippen molar-refractivity contribution in [2.24, 2.45) is 0 Å². The number of ether oxygens (including phenoxy) is 1. The zero-order valence-corrected chi connectivity index (χ0v) is 18.7. The first-order valence-electron chi connectivity index (χ1n) is 10.2. The molecule has 0 aliphatic carbocycles. The molecule has 1 saturated heterocycles. The maximum atomic E-state index is 5.78. The molecular weight excluding hydrogens is 392 g/mol. The molecule has 2 atom stereocenters. The fourth-order valence-corrected chi connectivity index (χ4v) is 4.18. The molecule has 0 radical (unpaired) electrons. The van der Waals surface area contributed by atoms with Gasteiger partial charge in [0.2, 0.25) is 0 Å². The molecule has 0 spiro atoms. The van der Waals surface area contributed by atoms with Crippen molar-refractivity contribution in [3.63, 3.8) is 0 Å². The molecule has 6 heteroatoms. The van der Waals surface area contributed by atoms with Gasteiger partial charge in [0.1, 0.15) is 5.75 Å². The minimum atomic E-state index is -0.00670. The van der Waals surface area contributed by atoms with E-state index in [4.69, 9.17) is 17.0 Å². The Kier molecular flexibility index (Phi) is 5.52. The topological polar surface area (TPSA) is 42.3 Å². The van der Waals surface area contributed by atoms with Crippen LogP contribution < -0.4 is 10.1 Å². The van der Waals surface area contributed by atoms with E-state index in [0.717, 1.165) is 16.6 Å². The van der Waals surface area contributed by atoms with Crippen molar-refractivity contribution in [2.45, 2.75) is 44.9 Å². The highest BCUT2D eigenvalue weighted by molar-refractivity contribution is 7.80. The summed E-state index contributed by atoms with van der Waals surface area (Å²) in [6.45, 7) is 7.34. The Labute approximate surface area is 183 Å². The summed E-state index contributed by atoms with van der Waals surface area (Å²) in [5, 5.41) is 4.27. The Balaban J connectivity index is 1.71. The number of nitrogens with zero attached hydrogens (tertiary/aromatic N) is 3. The number of methoxy groups -OCH3 is 1. The fraction of sp³-hybridized carbons (Fsp3) is 0.333. The maximum absolute atomic E-state index is 5.78. The summed E-state index contributed by atoms with van der Waals surface area (Å²) < 4.78 is 7.55. The van der Waals surface area contributed by atoms with Crippen molar-refractivity contribution < 1.29 is 4.74 Å². The Morgan fingerprint density at radius 2 is 1.87 bits per heavy atom. The van der Waals surface area contributed by atoms with Crippen LogP contribution in [0.3, 0.4) is 0 Å². The van der Waals surface area contributed by atoms with Gasteiger partial charge in [-0.1, -0.05) is 18.2 Å². The van der Waals surface area contributed by atoms with Crippen LogP contribution in [0.4, 0.5) is 0 Å². The summed E-state index contributed by atoms with van der Waals surface area (Å²) in [4.78, 5) is 6.88. The summed E-state index contributed by atoms with van der Waals surface area (Å²) in [5.41, 5.74) is 3.42. The highest BCUT2D eigenvalue weighted by Gasteiger charge is 2.40. The van der Waals surface area contributed by atoms with Crippen LogP contribution in [0, 0.1) is 0 Å². The van der Waals surface area contributed by atoms with Crippen LogP contribution >= 0.6 is 12.2 Å². The quantitative estimate of drug-likeness (QED) is 0.600. The highest BCUT2D eigenvalue weighted by atomic mass is 32.1. The number of benzene rings is 1. The third-order valence-corrected chi connectivity index (χ3v) is 5.89. The van der Waals surface area contributed by atoms with Crippen molar-refractivity contribution in [1.29, 1.82) is 0 Å². The minimum Gasteiger partial charge on any atom is -0.497 e. The molecule has 0 saturated carbocycles. The zero-order chi connectivity index (χ0) is 21.3. The van der Waals surface area contributed by atoms with Gasteiger partial charge in [-0.05, 0) is 74.4 Å². The molecule has 4 rings (SSSR count). The predicted octanol–water partition coefficient (Wildman–Crippen LogP) is 4.82. The van der Waals surface area contributed by atoms with Gasteiger partial charge in [-0.25, -0.2) is 0 Å². The number of thiocarbonyl (C=S) groups is 1. The fourth-order valence-electron chi connectivity index (χ4n) is 3.87. The molecule has 156 valence electrons. The summed E-state index contributed by atoms with van der Waals surface area (Å²) in [5.74, 6) is 0.853. The van der Waals surface area contributed by atoms with Gasteiger partial charge >= 0.3 is 0 Å². The standard InChI is InChI=1S/C24H28N4OS/c1-24(2,3)27-14-12-18(16-27)22-21(20-7-5-6-13-25-20)26-23(30)28(22)15-17-8-10-19(29-4)11-9-17/h5-14,16,21-22H,15H2,1-4H3,(H,26,30)/t21-,22+/m1/s1. The first-order valence-corrected chi connectivity index (χ1v) is 10.6. The van der Waals surface area contributed by atoms with E-state index < -0.39 is 0 Å². The normalized spacial score (nSPS) is 19.1. The van der Waals surface area contributed by atoms with Crippen LogP contribution in [0.25, 0.3) is 0 Å². The lowest BCUT2D eigenvalue weighted by atomic mass is 9.98. The van der Waals surface area contributed by atoms with Crippen LogP contribution in [-0.4, -0.2) is 26.7 Å². The SMILES string of the molecule is COc1ccc(CN2C(=S)N[C@H](c3ccccn3)[C@@H]2c2ccn(C(C)(C)C)c2)cc1. The van der Waals surface area contributed by atoms with Crippen molar-refractivity contribution >= 4 is 17.3 Å². The molecule has 3 aromatic rings. The Hall–Kier alpha value is -2.86. The third-order valence-electron chi connectivity index (χ3n) is 5.54. The molecule has 1 aliphatic heterocycles. The van der Waals surface area contributed by atoms with Crippen LogP contribution in [0.15, 0.2) is 67.1 Å². The molecule has 1 fully saturated rings. The van der Waals surface area contributed by atoms with E-state index in [9.17, 15) is 0 Å². The van der Waals surface area contributed by atoms with Gasteiger partial charge in [-0.3, -0.25) is 4.98 Å². The van der Waals surface area contributed by atoms with Gasteiger partial charge in [0, 0.05) is 30.7 Å². The molecule has 0 amide bonds. The van der Waals surface area contributed by atoms with Crippen LogP contribution in [0.1, 0.15) is 49.7 Å². The zero-order valence-electron chi connectivity index (χ0n) is 17.9. The number of rotatable bonds is 5. The largest absolute Gasteiger partial charge is 0.497 e. The Morgan fingerprint density at radius 1 is 1.10 bits per heavy atom. The average molecular weight is 421 g/mol. The van der Waals surface area contributed by atoms with Crippen LogP contribution in [0.2, 0.25) is 0 Å². The van der Waals surface area contributed by atoms with E-state index in [1.165, 1.54) is 11.1 Å². The Morgan fingerprint density at radius 3 is 2.47 bits per heavy atom. The number of hydrogen-bond acceptors (Lipinski definition) is 3. The summed E-state index contributed by atoms with van der Waals surface area (Å²) in [6.07, 6.45) is 6.22. The second-order valence-corrected chi connectivity index (χ2v) is 9.01. The average Bonchev–Trinajstić information content (AvgIpc) is 3.34. The van der Waals surface area contributed by atoms with Crippen LogP contribution in [-0.2, 0) is 12.1 Å². The molecule has 1 aromatic carbocycles. The molecule has 3 heterocycles. The minimum absolute atomic E-state index is 0.00670. The second kappa shape index (κ2) is 8.11. The third kappa shape index (κ3) is 4.05. The molecule has 0 bridgehead atoms. The maximum Gasteiger partial charge on any atom is 0.170 e. The lowest BCUT2D eigenvalue weighted by molar-refractivity contribution is 0.309. The number of nitrogens with one attached hydrogen (secondary N) is 1. The molecular formula is C24H28N4OS. The lowest BCUT2D eigenvalue weighted by Crippen LogP contribution is -2.29. The monoisotopic (exact) mass is 420 g/mol. The highest BCUT2D eigenvalue weighted by Crippen LogP contribution is 2.40. The molecule has 1 aliphatic rings. The summed E-state index contributed by atoms with van der Waals surface area (Å²) >= 11 is 5.78. The van der Waals surface area contributed by atoms with E-state index in [-0.39, 0.29) is 17.6 Å². The van der Waals surface area contributed by atoms with Crippen molar-refractivity contribution in [1.82, 2.24) is 19.8 Å². The van der Waals surface area contributed by atoms with E-state index in [1.807, 2.05) is 30.5 Å². The van der Waals surface area contributed by atoms with Crippen molar-refractivity contribution in [3.05, 3.63) is 83.9 Å². The van der Waals surface area contributed by atoms with Gasteiger partial charge in [-0.2, -0.15) is 0 Å². The second-order valence-electron chi connectivity index (χ2n) is 8.63. The van der Waals surface area contributed by atoms with E-state index in [0.29, 0.717) is 6.54 Å². The van der Waals surface area contributed by atoms with Crippen LogP contribution in [0.5, 0.6) is 5.75 Å². The predicted molar refractivity (Wildman–Crippen MR) is 123 cm³/mol. The molecule has 5 nitrogen and oxygen atoms in total. The van der Waals surface area contributed by atoms with Gasteiger partial charge in [0.15, 0.2) is 5.11 Å². The first-order chi connectivity index (χ1) is 14.4. The molecule has 0 unspecified atom stereocenters. The molecule has 2 aromatic heterocycles. The van der Waals surface area contributed by atoms with E-state index >= 15 is 0 Å².